The Morgan fingerprint density at radius 3 is 2.41 bits per heavy atom. The highest BCUT2D eigenvalue weighted by atomic mass is 32.1. The van der Waals surface area contributed by atoms with Gasteiger partial charge < -0.3 is 10.1 Å². The van der Waals surface area contributed by atoms with Crippen molar-refractivity contribution in [2.24, 2.45) is 5.92 Å². The lowest BCUT2D eigenvalue weighted by Gasteiger charge is -2.38. The largest absolute Gasteiger partial charge is 0.496 e. The standard InChI is InChI=1S/C27H32N2O2S/c1-18-14-16-29(17-15-18)25(22-12-8-9-13-23(22)31-4)24-19(2)20(3)32-27(24)28-26(30)21-10-6-5-7-11-21/h5-13,18,25H,14-17H2,1-4H3,(H,28,30)/t25-/m1/s1. The second-order valence-corrected chi connectivity index (χ2v) is 9.93. The molecule has 0 unspecified atom stereocenters. The Morgan fingerprint density at radius 2 is 1.72 bits per heavy atom. The number of anilines is 1. The number of methoxy groups -OCH3 is 1. The van der Waals surface area contributed by atoms with Gasteiger partial charge in [0.05, 0.1) is 13.2 Å². The van der Waals surface area contributed by atoms with Gasteiger partial charge in [-0.05, 0) is 69.5 Å². The summed E-state index contributed by atoms with van der Waals surface area (Å²) in [6.45, 7) is 8.71. The molecule has 1 aromatic heterocycles. The average Bonchev–Trinajstić information content (AvgIpc) is 3.09. The van der Waals surface area contributed by atoms with E-state index in [0.29, 0.717) is 5.56 Å². The van der Waals surface area contributed by atoms with Gasteiger partial charge in [0.25, 0.3) is 5.91 Å². The number of ether oxygens (including phenoxy) is 1. The molecule has 5 heteroatoms. The highest BCUT2D eigenvalue weighted by molar-refractivity contribution is 7.16. The van der Waals surface area contributed by atoms with Gasteiger partial charge in [-0.3, -0.25) is 9.69 Å². The highest BCUT2D eigenvalue weighted by Crippen LogP contribution is 2.45. The molecule has 1 atom stereocenters. The Balaban J connectivity index is 1.79. The molecular formula is C27H32N2O2S. The Labute approximate surface area is 195 Å². The molecule has 4 rings (SSSR count). The normalized spacial score (nSPS) is 16.0. The summed E-state index contributed by atoms with van der Waals surface area (Å²) in [5, 5.41) is 4.17. The van der Waals surface area contributed by atoms with Crippen LogP contribution in [0, 0.1) is 19.8 Å². The Hall–Kier alpha value is -2.63. The fourth-order valence-electron chi connectivity index (χ4n) is 4.55. The van der Waals surface area contributed by atoms with Gasteiger partial charge in [0.15, 0.2) is 0 Å². The third kappa shape index (κ3) is 4.59. The van der Waals surface area contributed by atoms with E-state index in [-0.39, 0.29) is 11.9 Å². The fourth-order valence-corrected chi connectivity index (χ4v) is 5.63. The van der Waals surface area contributed by atoms with Crippen LogP contribution >= 0.6 is 11.3 Å². The summed E-state index contributed by atoms with van der Waals surface area (Å²) >= 11 is 1.67. The van der Waals surface area contributed by atoms with Crippen molar-refractivity contribution in [1.29, 1.82) is 0 Å². The summed E-state index contributed by atoms with van der Waals surface area (Å²) in [7, 11) is 1.73. The molecule has 1 fully saturated rings. The monoisotopic (exact) mass is 448 g/mol. The maximum Gasteiger partial charge on any atom is 0.256 e. The lowest BCUT2D eigenvalue weighted by molar-refractivity contribution is 0.102. The molecule has 1 aliphatic rings. The van der Waals surface area contributed by atoms with Crippen LogP contribution in [0.3, 0.4) is 0 Å². The number of para-hydroxylation sites is 1. The zero-order valence-corrected chi connectivity index (χ0v) is 20.2. The van der Waals surface area contributed by atoms with Crippen LogP contribution in [0.25, 0.3) is 0 Å². The van der Waals surface area contributed by atoms with Gasteiger partial charge in [0.2, 0.25) is 0 Å². The quantitative estimate of drug-likeness (QED) is 0.471. The molecule has 0 radical (unpaired) electrons. The van der Waals surface area contributed by atoms with Gasteiger partial charge in [-0.2, -0.15) is 0 Å². The predicted octanol–water partition coefficient (Wildman–Crippen LogP) is 6.45. The molecule has 0 spiro atoms. The van der Waals surface area contributed by atoms with E-state index in [2.05, 4.69) is 43.1 Å². The lowest BCUT2D eigenvalue weighted by atomic mass is 9.90. The van der Waals surface area contributed by atoms with Gasteiger partial charge in [0, 0.05) is 21.6 Å². The van der Waals surface area contributed by atoms with E-state index in [9.17, 15) is 4.79 Å². The van der Waals surface area contributed by atoms with E-state index in [4.69, 9.17) is 4.74 Å². The summed E-state index contributed by atoms with van der Waals surface area (Å²) in [6.07, 6.45) is 2.36. The number of hydrogen-bond acceptors (Lipinski definition) is 4. The molecule has 1 aliphatic heterocycles. The molecule has 2 aromatic carbocycles. The molecule has 0 bridgehead atoms. The Morgan fingerprint density at radius 1 is 1.06 bits per heavy atom. The van der Waals surface area contributed by atoms with Crippen molar-refractivity contribution >= 4 is 22.2 Å². The van der Waals surface area contributed by atoms with E-state index in [0.717, 1.165) is 35.3 Å². The van der Waals surface area contributed by atoms with Crippen LogP contribution in [0.2, 0.25) is 0 Å². The number of carbonyl (C=O) groups excluding carboxylic acids is 1. The number of rotatable bonds is 6. The number of carbonyl (C=O) groups is 1. The number of benzene rings is 2. The first-order chi connectivity index (χ1) is 15.5. The van der Waals surface area contributed by atoms with E-state index in [1.54, 1.807) is 18.4 Å². The highest BCUT2D eigenvalue weighted by Gasteiger charge is 2.33. The predicted molar refractivity (Wildman–Crippen MR) is 133 cm³/mol. The summed E-state index contributed by atoms with van der Waals surface area (Å²) in [5.74, 6) is 1.56. The van der Waals surface area contributed by atoms with E-state index in [1.807, 2.05) is 42.5 Å². The molecular weight excluding hydrogens is 416 g/mol. The summed E-state index contributed by atoms with van der Waals surface area (Å²) in [6, 6.07) is 17.8. The molecule has 32 heavy (non-hydrogen) atoms. The SMILES string of the molecule is COc1ccccc1[C@H](c1c(NC(=O)c2ccccc2)sc(C)c1C)N1CCC(C)CC1. The van der Waals surface area contributed by atoms with Gasteiger partial charge >= 0.3 is 0 Å². The molecule has 168 valence electrons. The topological polar surface area (TPSA) is 41.6 Å². The number of thiophene rings is 1. The van der Waals surface area contributed by atoms with Gasteiger partial charge in [0.1, 0.15) is 10.8 Å². The first-order valence-corrected chi connectivity index (χ1v) is 12.1. The summed E-state index contributed by atoms with van der Waals surface area (Å²) in [4.78, 5) is 16.8. The van der Waals surface area contributed by atoms with Crippen molar-refractivity contribution < 1.29 is 9.53 Å². The number of nitrogens with zero attached hydrogens (tertiary/aromatic N) is 1. The summed E-state index contributed by atoms with van der Waals surface area (Å²) < 4.78 is 5.79. The Bertz CT molecular complexity index is 1070. The molecule has 1 N–H and O–H groups in total. The van der Waals surface area contributed by atoms with E-state index in [1.165, 1.54) is 28.8 Å². The minimum atomic E-state index is -0.0702. The fraction of sp³-hybridized carbons (Fsp3) is 0.370. The minimum Gasteiger partial charge on any atom is -0.496 e. The van der Waals surface area contributed by atoms with Crippen molar-refractivity contribution in [3.05, 3.63) is 81.7 Å². The second-order valence-electron chi connectivity index (χ2n) is 8.71. The van der Waals surface area contributed by atoms with Crippen LogP contribution in [0.15, 0.2) is 54.6 Å². The van der Waals surface area contributed by atoms with Crippen molar-refractivity contribution in [1.82, 2.24) is 4.90 Å². The molecule has 2 heterocycles. The van der Waals surface area contributed by atoms with Crippen molar-refractivity contribution in [3.8, 4) is 5.75 Å². The molecule has 1 amide bonds. The molecule has 1 saturated heterocycles. The van der Waals surface area contributed by atoms with E-state index < -0.39 is 0 Å². The first kappa shape index (κ1) is 22.6. The first-order valence-electron chi connectivity index (χ1n) is 11.3. The zero-order valence-electron chi connectivity index (χ0n) is 19.4. The van der Waals surface area contributed by atoms with Gasteiger partial charge in [-0.1, -0.05) is 43.3 Å². The zero-order chi connectivity index (χ0) is 22.7. The third-order valence-corrected chi connectivity index (χ3v) is 7.72. The van der Waals surface area contributed by atoms with Crippen molar-refractivity contribution in [2.75, 3.05) is 25.5 Å². The molecule has 4 nitrogen and oxygen atoms in total. The molecule has 0 aliphatic carbocycles. The van der Waals surface area contributed by atoms with Crippen LogP contribution in [0.1, 0.15) is 57.7 Å². The Kier molecular flexibility index (Phi) is 6.97. The average molecular weight is 449 g/mol. The van der Waals surface area contributed by atoms with Gasteiger partial charge in [-0.25, -0.2) is 0 Å². The van der Waals surface area contributed by atoms with Crippen molar-refractivity contribution in [3.63, 3.8) is 0 Å². The molecule has 3 aromatic rings. The second kappa shape index (κ2) is 9.88. The maximum atomic E-state index is 13.0. The number of aryl methyl sites for hydroxylation is 1. The number of likely N-dealkylation sites (tertiary alicyclic amines) is 1. The number of nitrogens with one attached hydrogen (secondary N) is 1. The number of piperidine rings is 1. The van der Waals surface area contributed by atoms with Crippen LogP contribution in [-0.4, -0.2) is 31.0 Å². The number of hydrogen-bond donors (Lipinski definition) is 1. The number of amides is 1. The third-order valence-electron chi connectivity index (χ3n) is 6.59. The maximum absolute atomic E-state index is 13.0. The van der Waals surface area contributed by atoms with Crippen LogP contribution < -0.4 is 10.1 Å². The lowest BCUT2D eigenvalue weighted by Crippen LogP contribution is -2.37. The van der Waals surface area contributed by atoms with E-state index >= 15 is 0 Å². The van der Waals surface area contributed by atoms with Gasteiger partial charge in [-0.15, -0.1) is 11.3 Å². The minimum absolute atomic E-state index is 0.0367. The van der Waals surface area contributed by atoms with Crippen molar-refractivity contribution in [2.45, 2.75) is 39.7 Å². The molecule has 0 saturated carbocycles. The van der Waals surface area contributed by atoms with Crippen LogP contribution in [-0.2, 0) is 0 Å². The van der Waals surface area contributed by atoms with Crippen LogP contribution in [0.4, 0.5) is 5.00 Å². The van der Waals surface area contributed by atoms with Crippen LogP contribution in [0.5, 0.6) is 5.75 Å². The smallest absolute Gasteiger partial charge is 0.256 e. The summed E-state index contributed by atoms with van der Waals surface area (Å²) in [5.41, 5.74) is 4.26.